The number of anilines is 2. The van der Waals surface area contributed by atoms with Crippen LogP contribution in [0.5, 0.6) is 0 Å². The molecule has 0 atom stereocenters. The molecule has 2 aromatic rings. The van der Waals surface area contributed by atoms with Crippen LogP contribution in [-0.2, 0) is 0 Å². The second-order valence-corrected chi connectivity index (χ2v) is 3.93. The highest BCUT2D eigenvalue weighted by molar-refractivity contribution is 6.35. The molecule has 0 radical (unpaired) electrons. The fourth-order valence-electron chi connectivity index (χ4n) is 1.41. The summed E-state index contributed by atoms with van der Waals surface area (Å²) in [7, 11) is 0. The Kier molecular flexibility index (Phi) is 3.43. The molecule has 4 nitrogen and oxygen atoms in total. The van der Waals surface area contributed by atoms with Crippen LogP contribution in [0.1, 0.15) is 10.4 Å². The van der Waals surface area contributed by atoms with Crippen LogP contribution < -0.4 is 11.1 Å². The minimum absolute atomic E-state index is 0.172. The second-order valence-electron chi connectivity index (χ2n) is 3.52. The van der Waals surface area contributed by atoms with E-state index in [0.29, 0.717) is 0 Å². The van der Waals surface area contributed by atoms with E-state index in [1.807, 2.05) is 0 Å². The van der Waals surface area contributed by atoms with E-state index in [9.17, 15) is 9.18 Å². The van der Waals surface area contributed by atoms with Crippen molar-refractivity contribution in [3.8, 4) is 0 Å². The average molecular weight is 266 g/mol. The Bertz CT molecular complexity index is 566. The summed E-state index contributed by atoms with van der Waals surface area (Å²) >= 11 is 5.89. The highest BCUT2D eigenvalue weighted by Crippen LogP contribution is 2.22. The van der Waals surface area contributed by atoms with E-state index in [2.05, 4.69) is 10.3 Å². The molecule has 18 heavy (non-hydrogen) atoms. The van der Waals surface area contributed by atoms with Crippen molar-refractivity contribution in [2.75, 3.05) is 11.1 Å². The number of rotatable bonds is 2. The predicted octanol–water partition coefficient (Wildman–Crippen LogP) is 2.71. The zero-order valence-corrected chi connectivity index (χ0v) is 9.91. The first kappa shape index (κ1) is 12.3. The maximum atomic E-state index is 12.7. The highest BCUT2D eigenvalue weighted by Gasteiger charge is 2.14. The monoisotopic (exact) mass is 265 g/mol. The molecular formula is C12H9ClFN3O. The van der Waals surface area contributed by atoms with E-state index >= 15 is 0 Å². The molecule has 0 aliphatic rings. The van der Waals surface area contributed by atoms with Crippen LogP contribution >= 0.6 is 11.6 Å². The lowest BCUT2D eigenvalue weighted by atomic mass is 10.1. The van der Waals surface area contributed by atoms with Gasteiger partial charge in [-0.05, 0) is 24.3 Å². The fourth-order valence-corrected chi connectivity index (χ4v) is 1.68. The Morgan fingerprint density at radius 2 is 2.11 bits per heavy atom. The maximum absolute atomic E-state index is 12.7. The van der Waals surface area contributed by atoms with Gasteiger partial charge in [-0.15, -0.1) is 0 Å². The lowest BCUT2D eigenvalue weighted by molar-refractivity contribution is 0.102. The molecule has 0 saturated heterocycles. The van der Waals surface area contributed by atoms with Crippen molar-refractivity contribution >= 4 is 29.0 Å². The molecule has 1 aromatic carbocycles. The molecule has 1 amide bonds. The topological polar surface area (TPSA) is 68.0 Å². The van der Waals surface area contributed by atoms with E-state index in [1.165, 1.54) is 12.1 Å². The molecule has 0 aliphatic heterocycles. The number of aromatic nitrogens is 1. The van der Waals surface area contributed by atoms with E-state index in [0.717, 1.165) is 6.20 Å². The molecule has 0 fully saturated rings. The second kappa shape index (κ2) is 5.01. The van der Waals surface area contributed by atoms with Crippen LogP contribution in [0.2, 0.25) is 5.02 Å². The predicted molar refractivity (Wildman–Crippen MR) is 68.0 cm³/mol. The Morgan fingerprint density at radius 3 is 2.72 bits per heavy atom. The Hall–Kier alpha value is -2.14. The van der Waals surface area contributed by atoms with Gasteiger partial charge in [0.25, 0.3) is 5.91 Å². The van der Waals surface area contributed by atoms with Gasteiger partial charge in [0.05, 0.1) is 16.8 Å². The zero-order chi connectivity index (χ0) is 13.1. The molecule has 1 heterocycles. The normalized spacial score (nSPS) is 10.1. The molecule has 0 unspecified atom stereocenters. The van der Waals surface area contributed by atoms with Crippen molar-refractivity contribution in [1.82, 2.24) is 4.98 Å². The summed E-state index contributed by atoms with van der Waals surface area (Å²) in [5.41, 5.74) is 6.11. The molecule has 0 saturated carbocycles. The van der Waals surface area contributed by atoms with Gasteiger partial charge in [0.15, 0.2) is 0 Å². The number of nitrogens with one attached hydrogen (secondary N) is 1. The molecule has 92 valence electrons. The average Bonchev–Trinajstić information content (AvgIpc) is 2.32. The quantitative estimate of drug-likeness (QED) is 0.821. The number of nitrogen functional groups attached to an aromatic ring is 1. The lowest BCUT2D eigenvalue weighted by Gasteiger charge is -2.08. The van der Waals surface area contributed by atoms with Crippen molar-refractivity contribution in [1.29, 1.82) is 0 Å². The van der Waals surface area contributed by atoms with Crippen molar-refractivity contribution in [3.63, 3.8) is 0 Å². The van der Waals surface area contributed by atoms with E-state index in [4.69, 9.17) is 17.3 Å². The molecule has 1 aromatic heterocycles. The van der Waals surface area contributed by atoms with Gasteiger partial charge >= 0.3 is 0 Å². The summed E-state index contributed by atoms with van der Waals surface area (Å²) in [4.78, 5) is 15.6. The van der Waals surface area contributed by atoms with Gasteiger partial charge in [-0.2, -0.15) is 0 Å². The van der Waals surface area contributed by atoms with Crippen LogP contribution in [0, 0.1) is 5.82 Å². The summed E-state index contributed by atoms with van der Waals surface area (Å²) < 4.78 is 12.7. The van der Waals surface area contributed by atoms with Crippen molar-refractivity contribution in [3.05, 3.63) is 52.9 Å². The SMILES string of the molecule is Nc1cccc(Cl)c1C(=O)Nc1ccc(F)cn1. The van der Waals surface area contributed by atoms with Crippen LogP contribution in [-0.4, -0.2) is 10.9 Å². The molecule has 2 rings (SSSR count). The van der Waals surface area contributed by atoms with Crippen LogP contribution in [0.4, 0.5) is 15.9 Å². The van der Waals surface area contributed by atoms with E-state index in [1.54, 1.807) is 18.2 Å². The van der Waals surface area contributed by atoms with E-state index in [-0.39, 0.29) is 22.1 Å². The number of amides is 1. The summed E-state index contributed by atoms with van der Waals surface area (Å²) in [5.74, 6) is -0.747. The number of hydrogen-bond donors (Lipinski definition) is 2. The van der Waals surface area contributed by atoms with Crippen molar-refractivity contribution < 1.29 is 9.18 Å². The van der Waals surface area contributed by atoms with Gasteiger partial charge in [0, 0.05) is 5.69 Å². The van der Waals surface area contributed by atoms with Crippen LogP contribution in [0.25, 0.3) is 0 Å². The summed E-state index contributed by atoms with van der Waals surface area (Å²) in [6.45, 7) is 0. The van der Waals surface area contributed by atoms with Gasteiger partial charge in [0.1, 0.15) is 11.6 Å². The smallest absolute Gasteiger partial charge is 0.260 e. The first-order chi connectivity index (χ1) is 8.58. The summed E-state index contributed by atoms with van der Waals surface area (Å²) in [6.07, 6.45) is 1.01. The Labute approximate surface area is 108 Å². The summed E-state index contributed by atoms with van der Waals surface area (Å²) in [6, 6.07) is 7.31. The number of halogens is 2. The highest BCUT2D eigenvalue weighted by atomic mass is 35.5. The third kappa shape index (κ3) is 2.57. The Balaban J connectivity index is 2.25. The van der Waals surface area contributed by atoms with Crippen molar-refractivity contribution in [2.24, 2.45) is 0 Å². The maximum Gasteiger partial charge on any atom is 0.260 e. The van der Waals surface area contributed by atoms with Gasteiger partial charge in [-0.1, -0.05) is 17.7 Å². The standard InChI is InChI=1S/C12H9ClFN3O/c13-8-2-1-3-9(15)11(8)12(18)17-10-5-4-7(14)6-16-10/h1-6H,15H2,(H,16,17,18). The fraction of sp³-hybridized carbons (Fsp3) is 0. The third-order valence-electron chi connectivity index (χ3n) is 2.24. The number of pyridine rings is 1. The molecule has 6 heteroatoms. The number of carbonyl (C=O) groups excluding carboxylic acids is 1. The third-order valence-corrected chi connectivity index (χ3v) is 2.56. The zero-order valence-electron chi connectivity index (χ0n) is 9.15. The van der Waals surface area contributed by atoms with Gasteiger partial charge in [0.2, 0.25) is 0 Å². The van der Waals surface area contributed by atoms with Gasteiger partial charge in [-0.3, -0.25) is 4.79 Å². The van der Waals surface area contributed by atoms with Crippen LogP contribution in [0.15, 0.2) is 36.5 Å². The summed E-state index contributed by atoms with van der Waals surface area (Å²) in [5, 5.41) is 2.73. The van der Waals surface area contributed by atoms with Gasteiger partial charge in [-0.25, -0.2) is 9.37 Å². The van der Waals surface area contributed by atoms with Crippen molar-refractivity contribution in [2.45, 2.75) is 0 Å². The number of benzene rings is 1. The number of carbonyl (C=O) groups is 1. The number of nitrogens with zero attached hydrogens (tertiary/aromatic N) is 1. The van der Waals surface area contributed by atoms with Gasteiger partial charge < -0.3 is 11.1 Å². The molecule has 0 aliphatic carbocycles. The Morgan fingerprint density at radius 1 is 1.33 bits per heavy atom. The molecule has 3 N–H and O–H groups in total. The molecular weight excluding hydrogens is 257 g/mol. The first-order valence-electron chi connectivity index (χ1n) is 5.05. The first-order valence-corrected chi connectivity index (χ1v) is 5.42. The molecule has 0 bridgehead atoms. The minimum atomic E-state index is -0.489. The largest absolute Gasteiger partial charge is 0.398 e. The minimum Gasteiger partial charge on any atom is -0.398 e. The number of hydrogen-bond acceptors (Lipinski definition) is 3. The number of nitrogens with two attached hydrogens (primary N) is 1. The lowest BCUT2D eigenvalue weighted by Crippen LogP contribution is -2.15. The van der Waals surface area contributed by atoms with Crippen LogP contribution in [0.3, 0.4) is 0 Å². The van der Waals surface area contributed by atoms with E-state index < -0.39 is 11.7 Å². The molecule has 0 spiro atoms.